The smallest absolute Gasteiger partial charge is 0.257 e. The van der Waals surface area contributed by atoms with Crippen molar-refractivity contribution in [2.75, 3.05) is 54.1 Å². The summed E-state index contributed by atoms with van der Waals surface area (Å²) in [5.74, 6) is -2.71. The standard InChI is InChI=1S/C43H67N7O9/c1-9-30(4)40(48(6)38(54)28-47-43(56)39(29(2)3)45-24-26-59-50-35(51)16-12-10-11-13-17-36(50)52)34(57-7)27-37(53)49-25-14-15-33(49)41(58-8)31(5)42(55)46-23-20-32-18-21-44-22-19-32/h10-13,18-19,21-22,29-31,33-34,39-41,45H,9,14-17,20,23-28H2,1-8H3,(H,46,55)(H,47,56)/b12-10-,13-11-/t30-,31+,33-,34+,39-,40?,41+/m0/s1. The number of imide groups is 1. The SMILES string of the molecule is CC[C@H](C)C([C@@H](CC(=O)N1CCC[C@H]1[C@H](OC)[C@@H](C)C(=O)NCCc1ccncc1)OC)N(C)C(=O)CNC(=O)[C@@H](NCCON1C(=O)C/C=C\C=C/CC1=O)C(C)C. The normalized spacial score (nSPS) is 20.1. The van der Waals surface area contributed by atoms with E-state index in [1.165, 1.54) is 7.11 Å². The molecule has 0 spiro atoms. The molecule has 3 N–H and O–H groups in total. The Morgan fingerprint density at radius 3 is 2.19 bits per heavy atom. The van der Waals surface area contributed by atoms with Gasteiger partial charge in [0.25, 0.3) is 11.8 Å². The molecule has 0 radical (unpaired) electrons. The van der Waals surface area contributed by atoms with Crippen molar-refractivity contribution in [3.63, 3.8) is 0 Å². The molecule has 2 aliphatic rings. The number of allylic oxidation sites excluding steroid dienone is 2. The molecular weight excluding hydrogens is 759 g/mol. The summed E-state index contributed by atoms with van der Waals surface area (Å²) in [6.07, 6.45) is 11.9. The number of rotatable bonds is 23. The minimum atomic E-state index is -0.690. The number of likely N-dealkylation sites (tertiary alicyclic amines) is 1. The second-order valence-corrected chi connectivity index (χ2v) is 15.6. The lowest BCUT2D eigenvalue weighted by molar-refractivity contribution is -0.193. The van der Waals surface area contributed by atoms with Gasteiger partial charge >= 0.3 is 0 Å². The fraction of sp³-hybridized carbons (Fsp3) is 0.651. The first kappa shape index (κ1) is 48.9. The van der Waals surface area contributed by atoms with E-state index >= 15 is 0 Å². The van der Waals surface area contributed by atoms with Crippen LogP contribution in [0.25, 0.3) is 0 Å². The summed E-state index contributed by atoms with van der Waals surface area (Å²) < 4.78 is 11.8. The summed E-state index contributed by atoms with van der Waals surface area (Å²) >= 11 is 0. The van der Waals surface area contributed by atoms with E-state index < -0.39 is 47.9 Å². The number of carbonyl (C=O) groups excluding carboxylic acids is 6. The number of nitrogens with zero attached hydrogens (tertiary/aromatic N) is 4. The Balaban J connectivity index is 1.58. The van der Waals surface area contributed by atoms with Crippen LogP contribution in [0.15, 0.2) is 48.8 Å². The first-order chi connectivity index (χ1) is 28.2. The molecule has 1 saturated heterocycles. The van der Waals surface area contributed by atoms with E-state index in [-0.39, 0.29) is 74.6 Å². The highest BCUT2D eigenvalue weighted by Gasteiger charge is 2.42. The highest BCUT2D eigenvalue weighted by atomic mass is 16.7. The molecule has 1 unspecified atom stereocenters. The van der Waals surface area contributed by atoms with E-state index in [1.54, 1.807) is 60.7 Å². The number of nitrogens with one attached hydrogen (secondary N) is 3. The molecule has 0 saturated carbocycles. The first-order valence-corrected chi connectivity index (χ1v) is 20.8. The lowest BCUT2D eigenvalue weighted by atomic mass is 9.90. The first-order valence-electron chi connectivity index (χ1n) is 20.8. The molecule has 2 aliphatic heterocycles. The minimum Gasteiger partial charge on any atom is -0.379 e. The summed E-state index contributed by atoms with van der Waals surface area (Å²) in [6.45, 7) is 10.4. The Morgan fingerprint density at radius 1 is 0.932 bits per heavy atom. The van der Waals surface area contributed by atoms with Gasteiger partial charge in [-0.1, -0.05) is 65.3 Å². The molecule has 1 aromatic rings. The van der Waals surface area contributed by atoms with E-state index in [4.69, 9.17) is 14.3 Å². The van der Waals surface area contributed by atoms with Crippen LogP contribution in [0.3, 0.4) is 0 Å². The summed E-state index contributed by atoms with van der Waals surface area (Å²) in [4.78, 5) is 92.1. The molecule has 0 aromatic carbocycles. The molecule has 3 heterocycles. The van der Waals surface area contributed by atoms with Gasteiger partial charge in [-0.25, -0.2) is 0 Å². The molecule has 1 aromatic heterocycles. The van der Waals surface area contributed by atoms with Crippen LogP contribution in [-0.4, -0.2) is 140 Å². The molecule has 6 amide bonds. The van der Waals surface area contributed by atoms with Gasteiger partial charge in [-0.3, -0.25) is 38.6 Å². The van der Waals surface area contributed by atoms with Crippen LogP contribution < -0.4 is 16.0 Å². The number of methoxy groups -OCH3 is 2. The van der Waals surface area contributed by atoms with Crippen molar-refractivity contribution in [3.05, 3.63) is 54.4 Å². The second kappa shape index (κ2) is 25.2. The van der Waals surface area contributed by atoms with Gasteiger partial charge in [0.15, 0.2) is 0 Å². The van der Waals surface area contributed by atoms with E-state index in [2.05, 4.69) is 20.9 Å². The van der Waals surface area contributed by atoms with E-state index in [9.17, 15) is 28.8 Å². The number of hydroxylamine groups is 2. The minimum absolute atomic E-state index is 0.0123. The third-order valence-electron chi connectivity index (χ3n) is 11.2. The third-order valence-corrected chi connectivity index (χ3v) is 11.2. The number of hydrogen-bond donors (Lipinski definition) is 3. The van der Waals surface area contributed by atoms with Crippen molar-refractivity contribution in [2.45, 2.75) is 110 Å². The maximum absolute atomic E-state index is 14.1. The quantitative estimate of drug-likeness (QED) is 0.109. The Hall–Kier alpha value is -4.51. The fourth-order valence-corrected chi connectivity index (χ4v) is 7.69. The second-order valence-electron chi connectivity index (χ2n) is 15.6. The summed E-state index contributed by atoms with van der Waals surface area (Å²) in [7, 11) is 4.76. The maximum atomic E-state index is 14.1. The molecule has 3 rings (SSSR count). The Labute approximate surface area is 349 Å². The monoisotopic (exact) mass is 826 g/mol. The summed E-state index contributed by atoms with van der Waals surface area (Å²) in [6, 6.07) is 2.34. The van der Waals surface area contributed by atoms with Gasteiger partial charge in [-0.05, 0) is 48.8 Å². The van der Waals surface area contributed by atoms with Crippen molar-refractivity contribution in [1.29, 1.82) is 0 Å². The predicted molar refractivity (Wildman–Crippen MR) is 222 cm³/mol. The summed E-state index contributed by atoms with van der Waals surface area (Å²) in [5.41, 5.74) is 1.07. The summed E-state index contributed by atoms with van der Waals surface area (Å²) in [5, 5.41) is 9.65. The average molecular weight is 826 g/mol. The molecule has 0 bridgehead atoms. The lowest BCUT2D eigenvalue weighted by Gasteiger charge is -2.39. The number of ether oxygens (including phenoxy) is 2. The van der Waals surface area contributed by atoms with E-state index in [0.29, 0.717) is 32.4 Å². The van der Waals surface area contributed by atoms with Crippen LogP contribution in [0.4, 0.5) is 0 Å². The zero-order valence-electron chi connectivity index (χ0n) is 36.2. The number of pyridine rings is 1. The third kappa shape index (κ3) is 14.6. The molecule has 16 heteroatoms. The van der Waals surface area contributed by atoms with Crippen molar-refractivity contribution < 1.29 is 43.1 Å². The molecule has 328 valence electrons. The Bertz CT molecular complexity index is 1560. The topological polar surface area (TPSA) is 189 Å². The zero-order chi connectivity index (χ0) is 43.5. The molecule has 16 nitrogen and oxygen atoms in total. The van der Waals surface area contributed by atoms with Crippen molar-refractivity contribution in [2.24, 2.45) is 17.8 Å². The number of aromatic nitrogens is 1. The maximum Gasteiger partial charge on any atom is 0.257 e. The van der Waals surface area contributed by atoms with Gasteiger partial charge in [0.1, 0.15) is 0 Å². The highest BCUT2D eigenvalue weighted by molar-refractivity contribution is 5.95. The highest BCUT2D eigenvalue weighted by Crippen LogP contribution is 2.29. The number of amides is 6. The van der Waals surface area contributed by atoms with Gasteiger partial charge in [-0.15, -0.1) is 0 Å². The van der Waals surface area contributed by atoms with Crippen molar-refractivity contribution >= 4 is 35.4 Å². The van der Waals surface area contributed by atoms with Gasteiger partial charge in [0.05, 0.1) is 55.8 Å². The van der Waals surface area contributed by atoms with Crippen molar-refractivity contribution in [1.82, 2.24) is 35.8 Å². The zero-order valence-corrected chi connectivity index (χ0v) is 36.2. The molecular formula is C43H67N7O9. The van der Waals surface area contributed by atoms with Gasteiger partial charge in [-0.2, -0.15) is 5.06 Å². The Morgan fingerprint density at radius 2 is 1.59 bits per heavy atom. The largest absolute Gasteiger partial charge is 0.379 e. The van der Waals surface area contributed by atoms with Gasteiger partial charge in [0, 0.05) is 66.1 Å². The molecule has 59 heavy (non-hydrogen) atoms. The van der Waals surface area contributed by atoms with Crippen LogP contribution in [-0.2, 0) is 49.5 Å². The van der Waals surface area contributed by atoms with Gasteiger partial charge < -0.3 is 35.2 Å². The van der Waals surface area contributed by atoms with Crippen LogP contribution >= 0.6 is 0 Å². The molecule has 0 aliphatic carbocycles. The van der Waals surface area contributed by atoms with E-state index in [0.717, 1.165) is 17.0 Å². The lowest BCUT2D eigenvalue weighted by Crippen LogP contribution is -2.55. The molecule has 7 atom stereocenters. The average Bonchev–Trinajstić information content (AvgIpc) is 3.73. The van der Waals surface area contributed by atoms with Crippen LogP contribution in [0.1, 0.15) is 78.7 Å². The fourth-order valence-electron chi connectivity index (χ4n) is 7.69. The number of likely N-dealkylation sites (N-methyl/N-ethyl adjacent to an activating group) is 1. The number of hydrogen-bond acceptors (Lipinski definition) is 11. The van der Waals surface area contributed by atoms with Crippen molar-refractivity contribution in [3.8, 4) is 0 Å². The van der Waals surface area contributed by atoms with Gasteiger partial charge in [0.2, 0.25) is 23.6 Å². The van der Waals surface area contributed by atoms with Crippen LogP contribution in [0.5, 0.6) is 0 Å². The van der Waals surface area contributed by atoms with E-state index in [1.807, 2.05) is 46.8 Å². The molecule has 1 fully saturated rings. The number of carbonyl (C=O) groups is 6. The van der Waals surface area contributed by atoms with Crippen LogP contribution in [0, 0.1) is 17.8 Å². The predicted octanol–water partition coefficient (Wildman–Crippen LogP) is 2.58. The van der Waals surface area contributed by atoms with Crippen LogP contribution in [0.2, 0.25) is 0 Å². The Kier molecular flexibility index (Phi) is 20.9.